The average Bonchev–Trinajstić information content (AvgIpc) is 3.11. The Morgan fingerprint density at radius 3 is 2.93 bits per heavy atom. The predicted molar refractivity (Wildman–Crippen MR) is 100 cm³/mol. The number of nitrogens with one attached hydrogen (secondary N) is 1. The number of para-hydroxylation sites is 1. The molecule has 27 heavy (non-hydrogen) atoms. The van der Waals surface area contributed by atoms with Gasteiger partial charge in [0.2, 0.25) is 0 Å². The molecule has 1 unspecified atom stereocenters. The Kier molecular flexibility index (Phi) is 3.41. The first-order chi connectivity index (χ1) is 13.0. The Hall–Kier alpha value is -1.89. The molecule has 1 aromatic rings. The van der Waals surface area contributed by atoms with E-state index in [4.69, 9.17) is 4.74 Å². The van der Waals surface area contributed by atoms with Crippen LogP contribution in [-0.2, 0) is 14.9 Å². The molecule has 3 N–H and O–H groups in total. The summed E-state index contributed by atoms with van der Waals surface area (Å²) < 4.78 is 5.33. The number of esters is 1. The van der Waals surface area contributed by atoms with Crippen molar-refractivity contribution in [3.05, 3.63) is 41.5 Å². The number of aliphatic hydroxyl groups is 2. The van der Waals surface area contributed by atoms with E-state index in [2.05, 4.69) is 10.2 Å². The van der Waals surface area contributed by atoms with Crippen LogP contribution in [0.3, 0.4) is 0 Å². The second kappa shape index (κ2) is 5.34. The van der Waals surface area contributed by atoms with Crippen LogP contribution >= 0.6 is 0 Å². The van der Waals surface area contributed by atoms with Crippen LogP contribution in [0, 0.1) is 11.3 Å². The molecular formula is C21H26N2O4. The number of hydrogen-bond donors (Lipinski definition) is 3. The largest absolute Gasteiger partial charge is 0.468 e. The molecule has 6 heteroatoms. The van der Waals surface area contributed by atoms with Crippen LogP contribution in [0.5, 0.6) is 0 Å². The van der Waals surface area contributed by atoms with Crippen molar-refractivity contribution in [1.29, 1.82) is 0 Å². The zero-order valence-corrected chi connectivity index (χ0v) is 15.7. The third-order valence-electron chi connectivity index (χ3n) is 7.91. The highest BCUT2D eigenvalue weighted by Gasteiger charge is 2.82. The maximum Gasteiger partial charge on any atom is 0.315 e. The summed E-state index contributed by atoms with van der Waals surface area (Å²) in [5.41, 5.74) is 0.354. The normalized spacial score (nSPS) is 45.2. The van der Waals surface area contributed by atoms with Gasteiger partial charge in [-0.25, -0.2) is 0 Å². The van der Waals surface area contributed by atoms with E-state index in [9.17, 15) is 15.0 Å². The highest BCUT2D eigenvalue weighted by atomic mass is 16.5. The average molecular weight is 370 g/mol. The van der Waals surface area contributed by atoms with Gasteiger partial charge < -0.3 is 20.3 Å². The summed E-state index contributed by atoms with van der Waals surface area (Å²) in [6.07, 6.45) is 2.51. The van der Waals surface area contributed by atoms with Crippen LogP contribution < -0.4 is 5.32 Å². The van der Waals surface area contributed by atoms with Gasteiger partial charge in [0, 0.05) is 24.7 Å². The summed E-state index contributed by atoms with van der Waals surface area (Å²) in [4.78, 5) is 15.7. The highest BCUT2D eigenvalue weighted by molar-refractivity contribution is 5.85. The molecule has 6 nitrogen and oxygen atoms in total. The number of rotatable bonds is 2. The van der Waals surface area contributed by atoms with Crippen molar-refractivity contribution < 1.29 is 19.7 Å². The Balaban J connectivity index is 1.93. The van der Waals surface area contributed by atoms with Crippen LogP contribution in [0.1, 0.15) is 25.3 Å². The van der Waals surface area contributed by atoms with Crippen LogP contribution in [0.4, 0.5) is 5.69 Å². The van der Waals surface area contributed by atoms with E-state index in [0.29, 0.717) is 19.4 Å². The number of methoxy groups -OCH3 is 1. The van der Waals surface area contributed by atoms with Crippen LogP contribution in [-0.4, -0.2) is 59.7 Å². The van der Waals surface area contributed by atoms with Crippen molar-refractivity contribution in [1.82, 2.24) is 4.90 Å². The Morgan fingerprint density at radius 2 is 2.22 bits per heavy atom. The van der Waals surface area contributed by atoms with Crippen molar-refractivity contribution >= 4 is 11.7 Å². The monoisotopic (exact) mass is 370 g/mol. The van der Waals surface area contributed by atoms with E-state index >= 15 is 0 Å². The van der Waals surface area contributed by atoms with Crippen molar-refractivity contribution in [3.63, 3.8) is 0 Å². The Bertz CT molecular complexity index is 854. The zero-order chi connectivity index (χ0) is 19.0. The molecule has 6 atom stereocenters. The van der Waals surface area contributed by atoms with Crippen LogP contribution in [0.2, 0.25) is 0 Å². The lowest BCUT2D eigenvalue weighted by Crippen LogP contribution is -2.75. The lowest BCUT2D eigenvalue weighted by atomic mass is 9.45. The molecule has 1 saturated carbocycles. The minimum atomic E-state index is -1.13. The number of allylic oxidation sites excluding steroid dienone is 1. The zero-order valence-electron chi connectivity index (χ0n) is 15.7. The number of nitrogens with zero attached hydrogens (tertiary/aromatic N) is 1. The van der Waals surface area contributed by atoms with Crippen LogP contribution in [0.15, 0.2) is 35.9 Å². The lowest BCUT2D eigenvalue weighted by molar-refractivity contribution is -0.184. The number of benzene rings is 1. The number of anilines is 1. The minimum absolute atomic E-state index is 0.263. The van der Waals surface area contributed by atoms with Gasteiger partial charge in [-0.05, 0) is 31.4 Å². The molecular weight excluding hydrogens is 344 g/mol. The number of aliphatic hydroxyl groups excluding tert-OH is 2. The third-order valence-corrected chi connectivity index (χ3v) is 7.91. The topological polar surface area (TPSA) is 82.0 Å². The standard InChI is InChI=1S/C21H26N2O4/c1-3-13-11-23-9-8-20-14-6-4-5-7-16(14)22-21(20,23)17(25)10-15(13)19(20,12-24)18(26)27-2/h3-7,15,17,22,24-25H,8-12H2,1-2H3/t15-,17-,19-,20-,21-/m1/s1. The number of carbonyl (C=O) groups is 1. The second-order valence-corrected chi connectivity index (χ2v) is 8.30. The first kappa shape index (κ1) is 17.2. The molecule has 4 bridgehead atoms. The number of fused-ring (bicyclic) bond motifs is 3. The van der Waals surface area contributed by atoms with Gasteiger partial charge in [-0.15, -0.1) is 0 Å². The van der Waals surface area contributed by atoms with Crippen LogP contribution in [0.25, 0.3) is 0 Å². The van der Waals surface area contributed by atoms with E-state index in [-0.39, 0.29) is 18.5 Å². The summed E-state index contributed by atoms with van der Waals surface area (Å²) in [5.74, 6) is -0.644. The van der Waals surface area contributed by atoms with Gasteiger partial charge in [0.25, 0.3) is 0 Å². The highest BCUT2D eigenvalue weighted by Crippen LogP contribution is 2.72. The second-order valence-electron chi connectivity index (χ2n) is 8.30. The van der Waals surface area contributed by atoms with Crippen molar-refractivity contribution in [2.45, 2.75) is 36.9 Å². The quantitative estimate of drug-likeness (QED) is 0.537. The predicted octanol–water partition coefficient (Wildman–Crippen LogP) is 1.24. The lowest BCUT2D eigenvalue weighted by Gasteiger charge is -2.59. The van der Waals surface area contributed by atoms with E-state index in [1.54, 1.807) is 0 Å². The molecule has 1 aromatic carbocycles. The molecule has 3 saturated heterocycles. The molecule has 4 aliphatic heterocycles. The summed E-state index contributed by atoms with van der Waals surface area (Å²) in [5, 5.41) is 25.9. The molecule has 0 radical (unpaired) electrons. The molecule has 1 aliphatic carbocycles. The first-order valence-corrected chi connectivity index (χ1v) is 9.68. The third kappa shape index (κ3) is 1.55. The van der Waals surface area contributed by atoms with Crippen molar-refractivity contribution in [2.24, 2.45) is 11.3 Å². The molecule has 4 heterocycles. The molecule has 0 aromatic heterocycles. The van der Waals surface area contributed by atoms with E-state index in [1.165, 1.54) is 7.11 Å². The van der Waals surface area contributed by atoms with Gasteiger partial charge in [0.1, 0.15) is 11.1 Å². The SMILES string of the molecule is CC=C1CN2CC[C@]34c5ccccc5N[C@]23[C@H](O)C[C@H]1[C@]4(CO)C(=O)OC. The molecule has 4 fully saturated rings. The van der Waals surface area contributed by atoms with Gasteiger partial charge in [-0.1, -0.05) is 29.8 Å². The molecule has 5 aliphatic rings. The molecule has 6 rings (SSSR count). The minimum Gasteiger partial charge on any atom is -0.468 e. The summed E-state index contributed by atoms with van der Waals surface area (Å²) >= 11 is 0. The van der Waals surface area contributed by atoms with Gasteiger partial charge in [0.15, 0.2) is 0 Å². The molecule has 1 spiro atoms. The van der Waals surface area contributed by atoms with Crippen molar-refractivity contribution in [2.75, 3.05) is 32.1 Å². The number of ether oxygens (including phenoxy) is 1. The van der Waals surface area contributed by atoms with E-state index < -0.39 is 22.6 Å². The maximum absolute atomic E-state index is 13.4. The smallest absolute Gasteiger partial charge is 0.315 e. The Morgan fingerprint density at radius 1 is 1.44 bits per heavy atom. The summed E-state index contributed by atoms with van der Waals surface area (Å²) in [6, 6.07) is 7.97. The van der Waals surface area contributed by atoms with Gasteiger partial charge in [0.05, 0.1) is 25.2 Å². The van der Waals surface area contributed by atoms with E-state index in [0.717, 1.165) is 23.4 Å². The van der Waals surface area contributed by atoms with E-state index in [1.807, 2.05) is 37.3 Å². The fourth-order valence-corrected chi connectivity index (χ4v) is 7.01. The fraction of sp³-hybridized carbons (Fsp3) is 0.571. The number of hydrogen-bond acceptors (Lipinski definition) is 6. The Labute approximate surface area is 158 Å². The summed E-state index contributed by atoms with van der Waals surface area (Å²) in [7, 11) is 1.40. The van der Waals surface area contributed by atoms with Gasteiger partial charge >= 0.3 is 5.97 Å². The van der Waals surface area contributed by atoms with Gasteiger partial charge in [-0.3, -0.25) is 9.69 Å². The summed E-state index contributed by atoms with van der Waals surface area (Å²) in [6.45, 7) is 3.10. The molecule has 144 valence electrons. The van der Waals surface area contributed by atoms with Crippen molar-refractivity contribution in [3.8, 4) is 0 Å². The maximum atomic E-state index is 13.4. The molecule has 0 amide bonds. The number of carbonyl (C=O) groups excluding carboxylic acids is 1. The first-order valence-electron chi connectivity index (χ1n) is 9.68. The fourth-order valence-electron chi connectivity index (χ4n) is 7.01. The van der Waals surface area contributed by atoms with Gasteiger partial charge in [-0.2, -0.15) is 0 Å².